The summed E-state index contributed by atoms with van der Waals surface area (Å²) in [6.45, 7) is 15.7. The monoisotopic (exact) mass is 358 g/mol. The van der Waals surface area contributed by atoms with E-state index in [-0.39, 0.29) is 0 Å². The first-order valence-electron chi connectivity index (χ1n) is 9.40. The van der Waals surface area contributed by atoms with Crippen LogP contribution in [-0.2, 0) is 0 Å². The molecule has 1 atom stereocenters. The lowest BCUT2D eigenvalue weighted by Crippen LogP contribution is -2.44. The molecule has 0 spiro atoms. The average molecular weight is 359 g/mol. The highest BCUT2D eigenvalue weighted by molar-refractivity contribution is 7.99. The average Bonchev–Trinajstić information content (AvgIpc) is 2.68. The van der Waals surface area contributed by atoms with E-state index >= 15 is 0 Å². The fourth-order valence-corrected chi connectivity index (χ4v) is 4.10. The van der Waals surface area contributed by atoms with E-state index < -0.39 is 0 Å². The zero-order chi connectivity index (χ0) is 18.3. The van der Waals surface area contributed by atoms with Gasteiger partial charge in [0.1, 0.15) is 0 Å². The predicted octanol–water partition coefficient (Wildman–Crippen LogP) is 5.08. The lowest BCUT2D eigenvalue weighted by Gasteiger charge is -2.28. The van der Waals surface area contributed by atoms with Crippen molar-refractivity contribution in [1.82, 2.24) is 10.2 Å². The number of nitrogens with one attached hydrogen (secondary N) is 1. The molecule has 1 N–H and O–H groups in total. The number of hydrogen-bond donors (Lipinski definition) is 1. The van der Waals surface area contributed by atoms with Crippen molar-refractivity contribution in [1.29, 1.82) is 0 Å². The maximum absolute atomic E-state index is 3.88. The molecule has 1 unspecified atom stereocenters. The molecule has 1 fully saturated rings. The Labute approximate surface area is 159 Å². The van der Waals surface area contributed by atoms with Crippen LogP contribution < -0.4 is 5.32 Å². The van der Waals surface area contributed by atoms with E-state index in [0.29, 0.717) is 5.25 Å². The normalized spacial score (nSPS) is 17.0. The molecule has 0 aromatic heterocycles. The second kappa shape index (κ2) is 13.9. The predicted molar refractivity (Wildman–Crippen MR) is 115 cm³/mol. The molecule has 138 valence electrons. The van der Waals surface area contributed by atoms with Gasteiger partial charge in [0.2, 0.25) is 0 Å². The topological polar surface area (TPSA) is 15.3 Å². The summed E-state index contributed by atoms with van der Waals surface area (Å²) in [4.78, 5) is 2.55. The van der Waals surface area contributed by atoms with Crippen molar-refractivity contribution in [2.45, 2.75) is 26.0 Å². The number of nitrogens with zero attached hydrogens (tertiary/aromatic N) is 1. The van der Waals surface area contributed by atoms with Gasteiger partial charge >= 0.3 is 0 Å². The number of allylic oxidation sites excluding steroid dienone is 4. The number of hydrogen-bond acceptors (Lipinski definition) is 3. The summed E-state index contributed by atoms with van der Waals surface area (Å²) in [6.07, 6.45) is 8.34. The van der Waals surface area contributed by atoms with Crippen molar-refractivity contribution in [3.05, 3.63) is 72.4 Å². The van der Waals surface area contributed by atoms with Crippen LogP contribution >= 0.6 is 11.8 Å². The molecule has 1 aliphatic rings. The Morgan fingerprint density at radius 1 is 1.24 bits per heavy atom. The Morgan fingerprint density at radius 2 is 1.92 bits per heavy atom. The van der Waals surface area contributed by atoms with Crippen LogP contribution in [0.2, 0.25) is 0 Å². The number of benzene rings is 1. The first-order chi connectivity index (χ1) is 12.3. The van der Waals surface area contributed by atoms with Crippen molar-refractivity contribution in [2.75, 3.05) is 38.5 Å². The second-order valence-electron chi connectivity index (χ2n) is 5.66. The third kappa shape index (κ3) is 8.08. The van der Waals surface area contributed by atoms with Crippen molar-refractivity contribution < 1.29 is 0 Å². The van der Waals surface area contributed by atoms with Crippen LogP contribution in [0.25, 0.3) is 0 Å². The first kappa shape index (κ1) is 21.8. The standard InChI is InChI=1S/C20H28N2S.C2H6/c1-3-8-18(9-4-2)20(19-10-6-5-7-11-19)23-17-16-22-14-12-21-13-15-22;1-2/h3-11,20-21H,1,12-17H2,2H3;1-2H3/b9-4-,18-8+;. The minimum Gasteiger partial charge on any atom is -0.314 e. The van der Waals surface area contributed by atoms with Gasteiger partial charge in [-0.1, -0.05) is 75.1 Å². The molecule has 1 aromatic rings. The minimum atomic E-state index is 0.369. The summed E-state index contributed by atoms with van der Waals surface area (Å²) in [7, 11) is 0. The third-order valence-corrected chi connectivity index (χ3v) is 5.27. The van der Waals surface area contributed by atoms with Crippen molar-refractivity contribution in [2.24, 2.45) is 0 Å². The highest BCUT2D eigenvalue weighted by atomic mass is 32.2. The molecule has 0 bridgehead atoms. The summed E-state index contributed by atoms with van der Waals surface area (Å²) in [6, 6.07) is 10.8. The maximum atomic E-state index is 3.88. The first-order valence-corrected chi connectivity index (χ1v) is 10.4. The lowest BCUT2D eigenvalue weighted by molar-refractivity contribution is 0.255. The van der Waals surface area contributed by atoms with Gasteiger partial charge in [-0.2, -0.15) is 0 Å². The highest BCUT2D eigenvalue weighted by Crippen LogP contribution is 2.36. The second-order valence-corrected chi connectivity index (χ2v) is 6.87. The van der Waals surface area contributed by atoms with E-state index in [9.17, 15) is 0 Å². The largest absolute Gasteiger partial charge is 0.314 e. The van der Waals surface area contributed by atoms with Gasteiger partial charge in [-0.25, -0.2) is 0 Å². The lowest BCUT2D eigenvalue weighted by atomic mass is 10.0. The van der Waals surface area contributed by atoms with E-state index in [2.05, 4.69) is 72.3 Å². The van der Waals surface area contributed by atoms with E-state index in [1.54, 1.807) is 0 Å². The molecule has 0 amide bonds. The van der Waals surface area contributed by atoms with Crippen LogP contribution in [0, 0.1) is 0 Å². The van der Waals surface area contributed by atoms with Crippen LogP contribution in [0.5, 0.6) is 0 Å². The van der Waals surface area contributed by atoms with Crippen molar-refractivity contribution >= 4 is 11.8 Å². The van der Waals surface area contributed by atoms with E-state index in [1.807, 2.05) is 31.7 Å². The number of thioether (sulfide) groups is 1. The minimum absolute atomic E-state index is 0.369. The van der Waals surface area contributed by atoms with Gasteiger partial charge in [0.25, 0.3) is 0 Å². The van der Waals surface area contributed by atoms with Crippen LogP contribution in [-0.4, -0.2) is 43.4 Å². The summed E-state index contributed by atoms with van der Waals surface area (Å²) in [5.41, 5.74) is 2.68. The summed E-state index contributed by atoms with van der Waals surface area (Å²) < 4.78 is 0. The summed E-state index contributed by atoms with van der Waals surface area (Å²) in [5, 5.41) is 3.78. The molecule has 0 radical (unpaired) electrons. The summed E-state index contributed by atoms with van der Waals surface area (Å²) in [5.74, 6) is 1.14. The third-order valence-electron chi connectivity index (χ3n) is 3.98. The smallest absolute Gasteiger partial charge is 0.0546 e. The number of piperazine rings is 1. The number of rotatable bonds is 8. The molecule has 1 aliphatic heterocycles. The van der Waals surface area contributed by atoms with Gasteiger partial charge in [0.15, 0.2) is 0 Å². The van der Waals surface area contributed by atoms with Crippen molar-refractivity contribution in [3.63, 3.8) is 0 Å². The quantitative estimate of drug-likeness (QED) is 0.652. The van der Waals surface area contributed by atoms with Crippen molar-refractivity contribution in [3.8, 4) is 0 Å². The molecule has 2 nitrogen and oxygen atoms in total. The molecule has 25 heavy (non-hydrogen) atoms. The Kier molecular flexibility index (Phi) is 12.1. The molecule has 2 rings (SSSR count). The summed E-state index contributed by atoms with van der Waals surface area (Å²) >= 11 is 2.03. The van der Waals surface area contributed by atoms with E-state index in [1.165, 1.54) is 24.2 Å². The molecule has 0 saturated carbocycles. The Balaban J connectivity index is 0.00000151. The fraction of sp³-hybridized carbons (Fsp3) is 0.455. The van der Waals surface area contributed by atoms with Gasteiger partial charge in [0, 0.05) is 38.5 Å². The molecular weight excluding hydrogens is 324 g/mol. The van der Waals surface area contributed by atoms with Crippen LogP contribution in [0.15, 0.2) is 66.8 Å². The SMILES string of the molecule is C=C/C=C(\C=C/C)C(SCCN1CCNCC1)c1ccccc1.CC. The molecule has 1 heterocycles. The van der Waals surface area contributed by atoms with Gasteiger partial charge in [-0.15, -0.1) is 11.8 Å². The Morgan fingerprint density at radius 3 is 2.52 bits per heavy atom. The van der Waals surface area contributed by atoms with Gasteiger partial charge < -0.3 is 5.32 Å². The van der Waals surface area contributed by atoms with Gasteiger partial charge in [0.05, 0.1) is 5.25 Å². The Hall–Kier alpha value is -1.29. The highest BCUT2D eigenvalue weighted by Gasteiger charge is 2.16. The van der Waals surface area contributed by atoms with Crippen LogP contribution in [0.3, 0.4) is 0 Å². The maximum Gasteiger partial charge on any atom is 0.0546 e. The Bertz CT molecular complexity index is 516. The van der Waals surface area contributed by atoms with Gasteiger partial charge in [-0.05, 0) is 18.1 Å². The van der Waals surface area contributed by atoms with Crippen LogP contribution in [0.1, 0.15) is 31.6 Å². The molecule has 3 heteroatoms. The zero-order valence-corrected chi connectivity index (χ0v) is 16.9. The van der Waals surface area contributed by atoms with E-state index in [4.69, 9.17) is 0 Å². The fourth-order valence-electron chi connectivity index (χ4n) is 2.81. The zero-order valence-electron chi connectivity index (χ0n) is 16.1. The molecule has 0 aliphatic carbocycles. The van der Waals surface area contributed by atoms with E-state index in [0.717, 1.165) is 25.4 Å². The van der Waals surface area contributed by atoms with Gasteiger partial charge in [-0.3, -0.25) is 4.90 Å². The molecule has 1 saturated heterocycles. The molecular formula is C22H34N2S. The van der Waals surface area contributed by atoms with Crippen LogP contribution in [0.4, 0.5) is 0 Å². The molecule has 1 aromatic carbocycles.